The molecule has 4 aromatic rings. The smallest absolute Gasteiger partial charge is 0.279 e. The molecule has 8 nitrogen and oxygen atoms in total. The molecule has 0 bridgehead atoms. The van der Waals surface area contributed by atoms with Gasteiger partial charge in [0.2, 0.25) is 10.0 Å². The van der Waals surface area contributed by atoms with E-state index in [2.05, 4.69) is 15.8 Å². The van der Waals surface area contributed by atoms with Gasteiger partial charge in [0.25, 0.3) is 5.91 Å². The maximum absolute atomic E-state index is 13.6. The number of nitrogens with zero attached hydrogens (tertiary/aromatic N) is 2. The number of amides is 1. The Bertz CT molecular complexity index is 1690. The van der Waals surface area contributed by atoms with Gasteiger partial charge in [-0.3, -0.25) is 10.2 Å². The number of aryl methyl sites for hydroxylation is 1. The Hall–Kier alpha value is -4.12. The molecule has 0 spiro atoms. The molecule has 0 fully saturated rings. The second-order valence-corrected chi connectivity index (χ2v) is 10.6. The van der Waals surface area contributed by atoms with E-state index >= 15 is 0 Å². The first kappa shape index (κ1) is 24.6. The van der Waals surface area contributed by atoms with Crippen molar-refractivity contribution >= 4 is 61.1 Å². The molecule has 4 aromatic carbocycles. The molecule has 10 heteroatoms. The van der Waals surface area contributed by atoms with Gasteiger partial charge in [0, 0.05) is 11.3 Å². The predicted molar refractivity (Wildman–Crippen MR) is 150 cm³/mol. The zero-order valence-corrected chi connectivity index (χ0v) is 21.4. The van der Waals surface area contributed by atoms with Crippen LogP contribution in [0.3, 0.4) is 0 Å². The van der Waals surface area contributed by atoms with Crippen molar-refractivity contribution < 1.29 is 13.2 Å². The summed E-state index contributed by atoms with van der Waals surface area (Å²) in [6.07, 6.45) is 0. The fourth-order valence-corrected chi connectivity index (χ4v) is 5.03. The number of fused-ring (bicyclic) bond motifs is 2. The molecule has 1 aliphatic rings. The molecule has 4 N–H and O–H groups in total. The molecule has 37 heavy (non-hydrogen) atoms. The van der Waals surface area contributed by atoms with Crippen LogP contribution in [-0.4, -0.2) is 25.1 Å². The summed E-state index contributed by atoms with van der Waals surface area (Å²) in [5.41, 5.74) is 6.86. The Labute approximate surface area is 219 Å². The fraction of sp³-hybridized carbons (Fsp3) is 0.0741. The third kappa shape index (κ3) is 5.08. The predicted octanol–water partition coefficient (Wildman–Crippen LogP) is 4.03. The summed E-state index contributed by atoms with van der Waals surface area (Å²) < 4.78 is 23.2. The summed E-state index contributed by atoms with van der Waals surface area (Å²) >= 11 is 5.32. The SMILES string of the molecule is Cc1ccc2c(c1)C(=NNC(=S)Nc1cccc(S(N)(=O)=O)c1)C(=O)N2Cc1cccc2ccccc12. The van der Waals surface area contributed by atoms with E-state index in [9.17, 15) is 13.2 Å². The summed E-state index contributed by atoms with van der Waals surface area (Å²) in [6, 6.07) is 25.9. The van der Waals surface area contributed by atoms with E-state index in [1.165, 1.54) is 12.1 Å². The summed E-state index contributed by atoms with van der Waals surface area (Å²) in [7, 11) is -3.86. The molecule has 186 valence electrons. The summed E-state index contributed by atoms with van der Waals surface area (Å²) in [6.45, 7) is 2.34. The zero-order valence-electron chi connectivity index (χ0n) is 19.8. The van der Waals surface area contributed by atoms with Gasteiger partial charge in [-0.15, -0.1) is 0 Å². The number of anilines is 2. The molecular formula is C27H23N5O3S2. The number of carbonyl (C=O) groups excluding carboxylic acids is 1. The van der Waals surface area contributed by atoms with Crippen molar-refractivity contribution in [3.05, 3.63) is 102 Å². The minimum Gasteiger partial charge on any atom is -0.331 e. The Morgan fingerprint density at radius 3 is 2.57 bits per heavy atom. The van der Waals surface area contributed by atoms with Crippen LogP contribution in [0.25, 0.3) is 10.8 Å². The Morgan fingerprint density at radius 2 is 1.76 bits per heavy atom. The highest BCUT2D eigenvalue weighted by atomic mass is 32.2. The van der Waals surface area contributed by atoms with E-state index < -0.39 is 10.0 Å². The molecule has 0 unspecified atom stereocenters. The van der Waals surface area contributed by atoms with Gasteiger partial charge in [-0.05, 0) is 65.8 Å². The number of hydrogen-bond donors (Lipinski definition) is 3. The summed E-state index contributed by atoms with van der Waals surface area (Å²) in [4.78, 5) is 15.2. The topological polar surface area (TPSA) is 117 Å². The number of thiocarbonyl (C=S) groups is 1. The lowest BCUT2D eigenvalue weighted by Gasteiger charge is -2.18. The number of sulfonamides is 1. The number of benzene rings is 4. The van der Waals surface area contributed by atoms with Crippen molar-refractivity contribution in [2.75, 3.05) is 10.2 Å². The second-order valence-electron chi connectivity index (χ2n) is 8.65. The van der Waals surface area contributed by atoms with Crippen LogP contribution < -0.4 is 20.8 Å². The third-order valence-electron chi connectivity index (χ3n) is 6.04. The van der Waals surface area contributed by atoms with E-state index in [-0.39, 0.29) is 21.6 Å². The molecule has 0 aromatic heterocycles. The fourth-order valence-electron chi connectivity index (χ4n) is 4.31. The van der Waals surface area contributed by atoms with Crippen molar-refractivity contribution in [2.24, 2.45) is 10.2 Å². The van der Waals surface area contributed by atoms with Gasteiger partial charge in [0.1, 0.15) is 0 Å². The number of rotatable bonds is 5. The van der Waals surface area contributed by atoms with E-state index in [4.69, 9.17) is 17.4 Å². The first-order valence-electron chi connectivity index (χ1n) is 11.4. The lowest BCUT2D eigenvalue weighted by Crippen LogP contribution is -2.32. The van der Waals surface area contributed by atoms with Crippen LogP contribution in [0.1, 0.15) is 16.7 Å². The van der Waals surface area contributed by atoms with Crippen LogP contribution in [0, 0.1) is 6.92 Å². The minimum absolute atomic E-state index is 0.0499. The molecule has 0 atom stereocenters. The van der Waals surface area contributed by atoms with Crippen LogP contribution in [0.4, 0.5) is 11.4 Å². The number of nitrogens with one attached hydrogen (secondary N) is 2. The van der Waals surface area contributed by atoms with Crippen LogP contribution >= 0.6 is 12.2 Å². The van der Waals surface area contributed by atoms with Crippen molar-refractivity contribution in [2.45, 2.75) is 18.4 Å². The number of hydrogen-bond acceptors (Lipinski definition) is 5. The first-order valence-corrected chi connectivity index (χ1v) is 13.3. The van der Waals surface area contributed by atoms with E-state index in [1.807, 2.05) is 67.6 Å². The quantitative estimate of drug-likeness (QED) is 0.265. The first-order chi connectivity index (χ1) is 17.7. The third-order valence-corrected chi connectivity index (χ3v) is 7.15. The highest BCUT2D eigenvalue weighted by Gasteiger charge is 2.34. The second kappa shape index (κ2) is 9.74. The van der Waals surface area contributed by atoms with Crippen LogP contribution in [0.2, 0.25) is 0 Å². The Balaban J connectivity index is 1.41. The van der Waals surface area contributed by atoms with E-state index in [0.29, 0.717) is 17.8 Å². The van der Waals surface area contributed by atoms with Crippen LogP contribution in [0.5, 0.6) is 0 Å². The lowest BCUT2D eigenvalue weighted by atomic mass is 10.0. The standard InChI is InChI=1S/C27H23N5O3S2/c1-17-12-13-24-23(14-17)25(30-31-27(36)29-20-9-5-10-21(15-20)37(28,34)35)26(33)32(24)16-19-8-4-7-18-6-2-3-11-22(18)19/h2-15H,16H2,1H3,(H2,28,34,35)(H2,29,31,36). The Kier molecular flexibility index (Phi) is 6.46. The van der Waals surface area contributed by atoms with Crippen LogP contribution in [0.15, 0.2) is 94.9 Å². The molecule has 1 amide bonds. The lowest BCUT2D eigenvalue weighted by molar-refractivity contribution is -0.112. The van der Waals surface area contributed by atoms with E-state index in [0.717, 1.165) is 27.6 Å². The Morgan fingerprint density at radius 1 is 1.00 bits per heavy atom. The van der Waals surface area contributed by atoms with Gasteiger partial charge in [-0.25, -0.2) is 13.6 Å². The molecule has 1 aliphatic heterocycles. The molecule has 0 saturated carbocycles. The molecule has 0 radical (unpaired) electrons. The monoisotopic (exact) mass is 529 g/mol. The van der Waals surface area contributed by atoms with Crippen molar-refractivity contribution in [3.8, 4) is 0 Å². The van der Waals surface area contributed by atoms with Crippen molar-refractivity contribution in [1.82, 2.24) is 5.43 Å². The largest absolute Gasteiger partial charge is 0.331 e. The summed E-state index contributed by atoms with van der Waals surface area (Å²) in [5.74, 6) is -0.250. The van der Waals surface area contributed by atoms with E-state index in [1.54, 1.807) is 17.0 Å². The number of primary sulfonamides is 1. The number of carbonyl (C=O) groups is 1. The van der Waals surface area contributed by atoms with Gasteiger partial charge in [0.05, 0.1) is 17.1 Å². The maximum atomic E-state index is 13.6. The van der Waals surface area contributed by atoms with Gasteiger partial charge in [-0.1, -0.05) is 60.2 Å². The summed E-state index contributed by atoms with van der Waals surface area (Å²) in [5, 5.41) is 14.7. The highest BCUT2D eigenvalue weighted by Crippen LogP contribution is 2.33. The van der Waals surface area contributed by atoms with Gasteiger partial charge in [-0.2, -0.15) is 5.10 Å². The molecule has 0 saturated heterocycles. The van der Waals surface area contributed by atoms with Crippen LogP contribution in [-0.2, 0) is 21.4 Å². The number of nitrogens with two attached hydrogens (primary N) is 1. The minimum atomic E-state index is -3.86. The van der Waals surface area contributed by atoms with Gasteiger partial charge in [0.15, 0.2) is 10.8 Å². The normalized spacial score (nSPS) is 14.2. The molecule has 1 heterocycles. The van der Waals surface area contributed by atoms with Crippen molar-refractivity contribution in [3.63, 3.8) is 0 Å². The highest BCUT2D eigenvalue weighted by molar-refractivity contribution is 7.89. The van der Waals surface area contributed by atoms with Gasteiger partial charge < -0.3 is 10.2 Å². The molecular weight excluding hydrogens is 506 g/mol. The maximum Gasteiger partial charge on any atom is 0.279 e. The molecule has 0 aliphatic carbocycles. The zero-order chi connectivity index (χ0) is 26.2. The average molecular weight is 530 g/mol. The van der Waals surface area contributed by atoms with Crippen molar-refractivity contribution in [1.29, 1.82) is 0 Å². The average Bonchev–Trinajstić information content (AvgIpc) is 3.12. The van der Waals surface area contributed by atoms with Gasteiger partial charge >= 0.3 is 0 Å². The number of hydrazone groups is 1. The molecule has 5 rings (SSSR count).